The van der Waals surface area contributed by atoms with Gasteiger partial charge in [-0.1, -0.05) is 49.3 Å². The van der Waals surface area contributed by atoms with E-state index < -0.39 is 0 Å². The first-order valence-corrected chi connectivity index (χ1v) is 10.4. The lowest BCUT2D eigenvalue weighted by atomic mass is 10.1. The number of aryl methyl sites for hydroxylation is 2. The van der Waals surface area contributed by atoms with Gasteiger partial charge < -0.3 is 19.9 Å². The van der Waals surface area contributed by atoms with Gasteiger partial charge in [-0.15, -0.1) is 24.0 Å². The van der Waals surface area contributed by atoms with E-state index in [2.05, 4.69) is 60.8 Å². The zero-order chi connectivity index (χ0) is 20.0. The van der Waals surface area contributed by atoms with Crippen LogP contribution in [0, 0.1) is 0 Å². The van der Waals surface area contributed by atoms with Crippen molar-refractivity contribution in [1.29, 1.82) is 0 Å². The maximum Gasteiger partial charge on any atom is 0.191 e. The lowest BCUT2D eigenvalue weighted by Gasteiger charge is -2.11. The maximum atomic E-state index is 5.74. The summed E-state index contributed by atoms with van der Waals surface area (Å²) < 4.78 is 11.2. The fourth-order valence-corrected chi connectivity index (χ4v) is 2.93. The molecule has 0 spiro atoms. The van der Waals surface area contributed by atoms with Crippen LogP contribution >= 0.6 is 24.0 Å². The molecule has 1 aromatic carbocycles. The molecule has 0 saturated heterocycles. The van der Waals surface area contributed by atoms with Crippen molar-refractivity contribution in [3.05, 3.63) is 52.9 Å². The molecular formula is C22H35IN4O2. The molecule has 0 amide bonds. The van der Waals surface area contributed by atoms with E-state index in [0.29, 0.717) is 6.54 Å². The average molecular weight is 514 g/mol. The number of rotatable bonds is 12. The Hall–Kier alpha value is -1.61. The van der Waals surface area contributed by atoms with Gasteiger partial charge in [-0.05, 0) is 31.7 Å². The Morgan fingerprint density at radius 3 is 2.55 bits per heavy atom. The van der Waals surface area contributed by atoms with Crippen LogP contribution in [0.2, 0.25) is 0 Å². The van der Waals surface area contributed by atoms with E-state index in [1.165, 1.54) is 5.56 Å². The van der Waals surface area contributed by atoms with Crippen LogP contribution in [-0.2, 0) is 30.5 Å². The van der Waals surface area contributed by atoms with Crippen molar-refractivity contribution in [3.63, 3.8) is 0 Å². The summed E-state index contributed by atoms with van der Waals surface area (Å²) in [5, 5.41) is 10.8. The topological polar surface area (TPSA) is 71.7 Å². The Labute approximate surface area is 191 Å². The minimum Gasteiger partial charge on any atom is -0.381 e. The minimum atomic E-state index is 0. The van der Waals surface area contributed by atoms with Gasteiger partial charge in [-0.3, -0.25) is 0 Å². The molecule has 29 heavy (non-hydrogen) atoms. The number of aromatic nitrogens is 1. The molecule has 0 radical (unpaired) electrons. The third kappa shape index (κ3) is 9.16. The highest BCUT2D eigenvalue weighted by atomic mass is 127. The number of guanidine groups is 1. The smallest absolute Gasteiger partial charge is 0.191 e. The van der Waals surface area contributed by atoms with E-state index >= 15 is 0 Å². The average Bonchev–Trinajstić information content (AvgIpc) is 3.14. The Bertz CT molecular complexity index is 683. The van der Waals surface area contributed by atoms with Crippen LogP contribution < -0.4 is 10.6 Å². The summed E-state index contributed by atoms with van der Waals surface area (Å²) in [6, 6.07) is 10.4. The number of ether oxygens (including phenoxy) is 1. The van der Waals surface area contributed by atoms with E-state index in [0.717, 1.165) is 75.0 Å². The first-order valence-electron chi connectivity index (χ1n) is 10.4. The molecule has 0 fully saturated rings. The van der Waals surface area contributed by atoms with Gasteiger partial charge in [0.1, 0.15) is 5.76 Å². The van der Waals surface area contributed by atoms with Crippen LogP contribution in [0.15, 0.2) is 39.8 Å². The lowest BCUT2D eigenvalue weighted by molar-refractivity contribution is 0.135. The Balaban J connectivity index is 0.00000420. The molecule has 0 atom stereocenters. The summed E-state index contributed by atoms with van der Waals surface area (Å²) in [6.45, 7) is 9.96. The maximum absolute atomic E-state index is 5.74. The largest absolute Gasteiger partial charge is 0.381 e. The normalized spacial score (nSPS) is 11.2. The monoisotopic (exact) mass is 514 g/mol. The fraction of sp³-hybridized carbons (Fsp3) is 0.545. The van der Waals surface area contributed by atoms with Gasteiger partial charge in [0.15, 0.2) is 5.96 Å². The van der Waals surface area contributed by atoms with Crippen LogP contribution in [-0.4, -0.2) is 37.4 Å². The number of halogens is 1. The van der Waals surface area contributed by atoms with Crippen molar-refractivity contribution in [1.82, 2.24) is 15.8 Å². The third-order valence-corrected chi connectivity index (χ3v) is 4.48. The molecule has 7 heteroatoms. The van der Waals surface area contributed by atoms with Gasteiger partial charge in [0.2, 0.25) is 0 Å². The van der Waals surface area contributed by atoms with Gasteiger partial charge in [-0.25, -0.2) is 4.99 Å². The van der Waals surface area contributed by atoms with Crippen molar-refractivity contribution in [2.75, 3.05) is 26.3 Å². The number of nitrogens with zero attached hydrogens (tertiary/aromatic N) is 2. The van der Waals surface area contributed by atoms with Crippen LogP contribution in [0.1, 0.15) is 49.8 Å². The molecule has 2 N–H and O–H groups in total. The van der Waals surface area contributed by atoms with Gasteiger partial charge in [0.25, 0.3) is 0 Å². The van der Waals surface area contributed by atoms with E-state index in [1.54, 1.807) is 0 Å². The van der Waals surface area contributed by atoms with Gasteiger partial charge in [0, 0.05) is 31.7 Å². The number of benzene rings is 1. The molecule has 0 aliphatic heterocycles. The SMILES string of the molecule is CCNC(=NCc1c(CC)noc1CC)NCCCOCCc1ccccc1.I. The third-order valence-electron chi connectivity index (χ3n) is 4.48. The highest BCUT2D eigenvalue weighted by molar-refractivity contribution is 14.0. The van der Waals surface area contributed by atoms with Crippen molar-refractivity contribution in [2.45, 2.75) is 53.0 Å². The van der Waals surface area contributed by atoms with Crippen LogP contribution in [0.3, 0.4) is 0 Å². The van der Waals surface area contributed by atoms with Crippen molar-refractivity contribution in [2.24, 2.45) is 4.99 Å². The second kappa shape index (κ2) is 15.3. The number of hydrogen-bond acceptors (Lipinski definition) is 4. The van der Waals surface area contributed by atoms with E-state index in [1.807, 2.05) is 6.07 Å². The molecule has 2 aromatic rings. The fourth-order valence-electron chi connectivity index (χ4n) is 2.93. The molecule has 0 unspecified atom stereocenters. The molecule has 0 aliphatic rings. The Kier molecular flexibility index (Phi) is 13.4. The minimum absolute atomic E-state index is 0. The molecule has 1 heterocycles. The second-order valence-corrected chi connectivity index (χ2v) is 6.56. The summed E-state index contributed by atoms with van der Waals surface area (Å²) in [6.07, 6.45) is 3.59. The molecule has 162 valence electrons. The van der Waals surface area contributed by atoms with E-state index in [4.69, 9.17) is 14.3 Å². The number of aliphatic imine (C=N–C) groups is 1. The molecule has 6 nitrogen and oxygen atoms in total. The standard InChI is InChI=1S/C22H34N4O2.HI/c1-4-20-19(21(5-2)28-26-20)17-25-22(23-6-3)24-14-10-15-27-16-13-18-11-8-7-9-12-18;/h7-9,11-12H,4-6,10,13-17H2,1-3H3,(H2,23,24,25);1H. The van der Waals surface area contributed by atoms with Crippen molar-refractivity contribution < 1.29 is 9.26 Å². The van der Waals surface area contributed by atoms with Gasteiger partial charge in [0.05, 0.1) is 18.8 Å². The van der Waals surface area contributed by atoms with Crippen LogP contribution in [0.25, 0.3) is 0 Å². The molecular weight excluding hydrogens is 479 g/mol. The molecule has 0 bridgehead atoms. The predicted molar refractivity (Wildman–Crippen MR) is 129 cm³/mol. The van der Waals surface area contributed by atoms with E-state index in [-0.39, 0.29) is 24.0 Å². The van der Waals surface area contributed by atoms with E-state index in [9.17, 15) is 0 Å². The first kappa shape index (κ1) is 25.4. The summed E-state index contributed by atoms with van der Waals surface area (Å²) >= 11 is 0. The Morgan fingerprint density at radius 1 is 1.07 bits per heavy atom. The lowest BCUT2D eigenvalue weighted by Crippen LogP contribution is -2.38. The first-order chi connectivity index (χ1) is 13.8. The highest BCUT2D eigenvalue weighted by Gasteiger charge is 2.12. The predicted octanol–water partition coefficient (Wildman–Crippen LogP) is 4.12. The van der Waals surface area contributed by atoms with Crippen molar-refractivity contribution in [3.8, 4) is 0 Å². The quantitative estimate of drug-likeness (QED) is 0.193. The second-order valence-electron chi connectivity index (χ2n) is 6.56. The summed E-state index contributed by atoms with van der Waals surface area (Å²) in [5.74, 6) is 1.75. The highest BCUT2D eigenvalue weighted by Crippen LogP contribution is 2.16. The summed E-state index contributed by atoms with van der Waals surface area (Å²) in [5.41, 5.74) is 3.43. The van der Waals surface area contributed by atoms with Crippen molar-refractivity contribution >= 4 is 29.9 Å². The zero-order valence-corrected chi connectivity index (χ0v) is 20.2. The zero-order valence-electron chi connectivity index (χ0n) is 17.9. The summed E-state index contributed by atoms with van der Waals surface area (Å²) in [7, 11) is 0. The number of nitrogens with one attached hydrogen (secondary N) is 2. The summed E-state index contributed by atoms with van der Waals surface area (Å²) in [4.78, 5) is 4.70. The molecule has 2 rings (SSSR count). The molecule has 0 saturated carbocycles. The molecule has 1 aromatic heterocycles. The number of hydrogen-bond donors (Lipinski definition) is 2. The van der Waals surface area contributed by atoms with Gasteiger partial charge >= 0.3 is 0 Å². The Morgan fingerprint density at radius 2 is 1.86 bits per heavy atom. The molecule has 0 aliphatic carbocycles. The van der Waals surface area contributed by atoms with Gasteiger partial charge in [-0.2, -0.15) is 0 Å². The van der Waals surface area contributed by atoms with Crippen LogP contribution in [0.5, 0.6) is 0 Å². The van der Waals surface area contributed by atoms with Crippen LogP contribution in [0.4, 0.5) is 0 Å².